The summed E-state index contributed by atoms with van der Waals surface area (Å²) in [6, 6.07) is 7.46. The van der Waals surface area contributed by atoms with Gasteiger partial charge in [-0.05, 0) is 32.4 Å². The molecule has 4 nitrogen and oxygen atoms in total. The van der Waals surface area contributed by atoms with Crippen molar-refractivity contribution in [3.63, 3.8) is 0 Å². The summed E-state index contributed by atoms with van der Waals surface area (Å²) >= 11 is 1.65. The highest BCUT2D eigenvalue weighted by Gasteiger charge is 2.16. The second kappa shape index (κ2) is 7.22. The van der Waals surface area contributed by atoms with Gasteiger partial charge in [0.15, 0.2) is 0 Å². The summed E-state index contributed by atoms with van der Waals surface area (Å²) in [4.78, 5) is 18.0. The summed E-state index contributed by atoms with van der Waals surface area (Å²) in [6.07, 6.45) is 2.86. The SMILES string of the molecule is CCNc1ccccc1C(=O)NC(C)c1ncc(CC)s1. The maximum atomic E-state index is 12.4. The number of thiazole rings is 1. The van der Waals surface area contributed by atoms with E-state index in [1.165, 1.54) is 4.88 Å². The number of hydrogen-bond acceptors (Lipinski definition) is 4. The lowest BCUT2D eigenvalue weighted by Crippen LogP contribution is -2.27. The molecule has 1 aromatic carbocycles. The molecule has 0 saturated heterocycles. The van der Waals surface area contributed by atoms with Crippen LogP contribution in [0.15, 0.2) is 30.5 Å². The van der Waals surface area contributed by atoms with Crippen molar-refractivity contribution in [2.24, 2.45) is 0 Å². The molecule has 1 heterocycles. The van der Waals surface area contributed by atoms with E-state index in [1.54, 1.807) is 11.3 Å². The molecule has 0 aliphatic rings. The minimum atomic E-state index is -0.0857. The molecule has 2 N–H and O–H groups in total. The van der Waals surface area contributed by atoms with E-state index in [9.17, 15) is 4.79 Å². The van der Waals surface area contributed by atoms with Crippen LogP contribution in [0.1, 0.15) is 47.1 Å². The van der Waals surface area contributed by atoms with E-state index in [-0.39, 0.29) is 11.9 Å². The molecule has 0 aliphatic carbocycles. The number of rotatable bonds is 6. The van der Waals surface area contributed by atoms with Crippen molar-refractivity contribution in [3.8, 4) is 0 Å². The zero-order valence-corrected chi connectivity index (χ0v) is 13.5. The van der Waals surface area contributed by atoms with E-state index in [0.29, 0.717) is 5.56 Å². The molecule has 5 heteroatoms. The van der Waals surface area contributed by atoms with Gasteiger partial charge in [0.25, 0.3) is 5.91 Å². The monoisotopic (exact) mass is 303 g/mol. The van der Waals surface area contributed by atoms with E-state index in [4.69, 9.17) is 0 Å². The Morgan fingerprint density at radius 3 is 2.76 bits per heavy atom. The van der Waals surface area contributed by atoms with Crippen LogP contribution in [0, 0.1) is 0 Å². The van der Waals surface area contributed by atoms with Gasteiger partial charge in [0.05, 0.1) is 11.6 Å². The van der Waals surface area contributed by atoms with Crippen LogP contribution in [0.4, 0.5) is 5.69 Å². The Hall–Kier alpha value is -1.88. The molecule has 0 radical (unpaired) electrons. The highest BCUT2D eigenvalue weighted by Crippen LogP contribution is 2.21. The van der Waals surface area contributed by atoms with Crippen molar-refractivity contribution in [1.29, 1.82) is 0 Å². The van der Waals surface area contributed by atoms with Crippen molar-refractivity contribution in [2.45, 2.75) is 33.2 Å². The van der Waals surface area contributed by atoms with E-state index < -0.39 is 0 Å². The van der Waals surface area contributed by atoms with Crippen LogP contribution >= 0.6 is 11.3 Å². The molecule has 0 spiro atoms. The Labute approximate surface area is 129 Å². The number of anilines is 1. The zero-order chi connectivity index (χ0) is 15.2. The Balaban J connectivity index is 2.10. The third-order valence-corrected chi connectivity index (χ3v) is 4.50. The van der Waals surface area contributed by atoms with E-state index >= 15 is 0 Å². The Morgan fingerprint density at radius 2 is 2.10 bits per heavy atom. The largest absolute Gasteiger partial charge is 0.385 e. The summed E-state index contributed by atoms with van der Waals surface area (Å²) in [5, 5.41) is 7.17. The predicted octanol–water partition coefficient (Wildman–Crippen LogP) is 3.63. The van der Waals surface area contributed by atoms with Crippen LogP contribution in [0.3, 0.4) is 0 Å². The van der Waals surface area contributed by atoms with Gasteiger partial charge in [-0.25, -0.2) is 4.98 Å². The van der Waals surface area contributed by atoms with Gasteiger partial charge in [-0.1, -0.05) is 19.1 Å². The molecule has 0 bridgehead atoms. The first-order valence-electron chi connectivity index (χ1n) is 7.24. The normalized spacial score (nSPS) is 12.0. The standard InChI is InChI=1S/C16H21N3OS/c1-4-12-10-18-16(21-12)11(3)19-15(20)13-8-6-7-9-14(13)17-5-2/h6-11,17H,4-5H2,1-3H3,(H,19,20). The van der Waals surface area contributed by atoms with Crippen molar-refractivity contribution in [1.82, 2.24) is 10.3 Å². The fourth-order valence-electron chi connectivity index (χ4n) is 2.05. The van der Waals surface area contributed by atoms with Gasteiger partial charge in [-0.15, -0.1) is 11.3 Å². The molecule has 0 fully saturated rings. The molecular weight excluding hydrogens is 282 g/mol. The highest BCUT2D eigenvalue weighted by atomic mass is 32.1. The molecule has 1 amide bonds. The second-order valence-electron chi connectivity index (χ2n) is 4.79. The van der Waals surface area contributed by atoms with Crippen LogP contribution in [0.2, 0.25) is 0 Å². The van der Waals surface area contributed by atoms with Gasteiger partial charge in [0.2, 0.25) is 0 Å². The minimum Gasteiger partial charge on any atom is -0.385 e. The predicted molar refractivity (Wildman–Crippen MR) is 88.0 cm³/mol. The lowest BCUT2D eigenvalue weighted by molar-refractivity contribution is 0.0940. The third-order valence-electron chi connectivity index (χ3n) is 3.18. The maximum absolute atomic E-state index is 12.4. The maximum Gasteiger partial charge on any atom is 0.253 e. The van der Waals surface area contributed by atoms with Crippen LogP contribution in [-0.2, 0) is 6.42 Å². The first-order valence-corrected chi connectivity index (χ1v) is 8.05. The van der Waals surface area contributed by atoms with Gasteiger partial charge >= 0.3 is 0 Å². The number of nitrogens with one attached hydrogen (secondary N) is 2. The summed E-state index contributed by atoms with van der Waals surface area (Å²) in [5.41, 5.74) is 1.52. The lowest BCUT2D eigenvalue weighted by Gasteiger charge is -2.14. The topological polar surface area (TPSA) is 54.0 Å². The average Bonchev–Trinajstić information content (AvgIpc) is 2.97. The minimum absolute atomic E-state index is 0.0766. The number of benzene rings is 1. The Morgan fingerprint density at radius 1 is 1.33 bits per heavy atom. The number of aromatic nitrogens is 1. The van der Waals surface area contributed by atoms with E-state index in [2.05, 4.69) is 22.5 Å². The van der Waals surface area contributed by atoms with Crippen molar-refractivity contribution >= 4 is 22.9 Å². The molecule has 112 valence electrons. The van der Waals surface area contributed by atoms with Gasteiger partial charge < -0.3 is 10.6 Å². The second-order valence-corrected chi connectivity index (χ2v) is 5.94. The van der Waals surface area contributed by atoms with Gasteiger partial charge in [0.1, 0.15) is 5.01 Å². The number of nitrogens with zero attached hydrogens (tertiary/aromatic N) is 1. The number of para-hydroxylation sites is 1. The van der Waals surface area contributed by atoms with E-state index in [1.807, 2.05) is 44.3 Å². The number of amides is 1. The van der Waals surface area contributed by atoms with Crippen molar-refractivity contribution < 1.29 is 4.79 Å². The summed E-state index contributed by atoms with van der Waals surface area (Å²) in [7, 11) is 0. The molecule has 0 aliphatic heterocycles. The molecule has 1 unspecified atom stereocenters. The van der Waals surface area contributed by atoms with Crippen LogP contribution < -0.4 is 10.6 Å². The Kier molecular flexibility index (Phi) is 5.33. The summed E-state index contributed by atoms with van der Waals surface area (Å²) in [5.74, 6) is -0.0766. The smallest absolute Gasteiger partial charge is 0.253 e. The Bertz CT molecular complexity index is 609. The fraction of sp³-hybridized carbons (Fsp3) is 0.375. The number of carbonyl (C=O) groups excluding carboxylic acids is 1. The highest BCUT2D eigenvalue weighted by molar-refractivity contribution is 7.11. The molecule has 21 heavy (non-hydrogen) atoms. The van der Waals surface area contributed by atoms with Gasteiger partial charge in [0, 0.05) is 23.3 Å². The van der Waals surface area contributed by atoms with Crippen LogP contribution in [0.25, 0.3) is 0 Å². The van der Waals surface area contributed by atoms with Crippen LogP contribution in [0.5, 0.6) is 0 Å². The molecule has 2 aromatic rings. The molecule has 0 saturated carbocycles. The molecular formula is C16H21N3OS. The number of carbonyl (C=O) groups is 1. The number of hydrogen-bond donors (Lipinski definition) is 2. The van der Waals surface area contributed by atoms with Crippen molar-refractivity contribution in [2.75, 3.05) is 11.9 Å². The molecule has 1 aromatic heterocycles. The van der Waals surface area contributed by atoms with Gasteiger partial charge in [-0.3, -0.25) is 4.79 Å². The quantitative estimate of drug-likeness (QED) is 0.857. The average molecular weight is 303 g/mol. The van der Waals surface area contributed by atoms with Crippen LogP contribution in [-0.4, -0.2) is 17.4 Å². The third kappa shape index (κ3) is 3.82. The van der Waals surface area contributed by atoms with Gasteiger partial charge in [-0.2, -0.15) is 0 Å². The van der Waals surface area contributed by atoms with E-state index in [0.717, 1.165) is 23.7 Å². The first kappa shape index (κ1) is 15.5. The fourth-order valence-corrected chi connectivity index (χ4v) is 2.91. The first-order chi connectivity index (χ1) is 10.2. The zero-order valence-electron chi connectivity index (χ0n) is 12.6. The summed E-state index contributed by atoms with van der Waals surface area (Å²) < 4.78 is 0. The molecule has 2 rings (SSSR count). The van der Waals surface area contributed by atoms with Crippen molar-refractivity contribution in [3.05, 3.63) is 45.9 Å². The summed E-state index contributed by atoms with van der Waals surface area (Å²) in [6.45, 7) is 6.87. The lowest BCUT2D eigenvalue weighted by atomic mass is 10.1. The number of aryl methyl sites for hydroxylation is 1. The molecule has 1 atom stereocenters.